The van der Waals surface area contributed by atoms with E-state index in [1.165, 1.54) is 16.7 Å². The Morgan fingerprint density at radius 2 is 1.52 bits per heavy atom. The normalized spacial score (nSPS) is 13.9. The van der Waals surface area contributed by atoms with Crippen LogP contribution in [-0.2, 0) is 12.8 Å². The van der Waals surface area contributed by atoms with Crippen LogP contribution in [0.25, 0.3) is 0 Å². The predicted molar refractivity (Wildman–Crippen MR) is 118 cm³/mol. The molecule has 27 heavy (non-hydrogen) atoms. The molecule has 0 spiro atoms. The maximum Gasteiger partial charge on any atom is 0.0235 e. The maximum atomic E-state index is 6.63. The number of nitrogens with two attached hydrogens (primary N) is 1. The minimum absolute atomic E-state index is 0.147. The fraction of sp³-hybridized carbons (Fsp3) is 0.520. The van der Waals surface area contributed by atoms with Crippen molar-refractivity contribution in [3.05, 3.63) is 71.3 Å². The molecule has 0 radical (unpaired) electrons. The van der Waals surface area contributed by atoms with Gasteiger partial charge in [0.1, 0.15) is 0 Å². The molecule has 0 fully saturated rings. The average molecular weight is 367 g/mol. The topological polar surface area (TPSA) is 38.0 Å². The van der Waals surface area contributed by atoms with E-state index in [0.29, 0.717) is 17.9 Å². The van der Waals surface area contributed by atoms with E-state index in [1.807, 2.05) is 0 Å². The number of hydrogen-bond donors (Lipinski definition) is 2. The second kappa shape index (κ2) is 11.3. The summed E-state index contributed by atoms with van der Waals surface area (Å²) in [4.78, 5) is 0. The fourth-order valence-corrected chi connectivity index (χ4v) is 3.60. The Balaban J connectivity index is 1.85. The van der Waals surface area contributed by atoms with Crippen LogP contribution in [0, 0.1) is 5.92 Å². The van der Waals surface area contributed by atoms with Gasteiger partial charge in [0.2, 0.25) is 0 Å². The highest BCUT2D eigenvalue weighted by Gasteiger charge is 2.19. The third-order valence-electron chi connectivity index (χ3n) is 5.25. The Labute approximate surface area is 166 Å². The van der Waals surface area contributed by atoms with Gasteiger partial charge >= 0.3 is 0 Å². The molecule has 3 N–H and O–H groups in total. The number of nitrogens with one attached hydrogen (secondary N) is 1. The highest BCUT2D eigenvalue weighted by molar-refractivity contribution is 5.25. The van der Waals surface area contributed by atoms with Gasteiger partial charge in [-0.1, -0.05) is 82.3 Å². The maximum absolute atomic E-state index is 6.63. The summed E-state index contributed by atoms with van der Waals surface area (Å²) < 4.78 is 0. The average Bonchev–Trinajstić information content (AvgIpc) is 2.65. The van der Waals surface area contributed by atoms with Crippen molar-refractivity contribution in [2.45, 2.75) is 71.4 Å². The molecule has 2 aromatic carbocycles. The number of benzene rings is 2. The second-order valence-corrected chi connectivity index (χ2v) is 8.54. The quantitative estimate of drug-likeness (QED) is 0.528. The summed E-state index contributed by atoms with van der Waals surface area (Å²) in [6.07, 6.45) is 4.32. The molecule has 2 heteroatoms. The zero-order valence-corrected chi connectivity index (χ0v) is 17.6. The van der Waals surface area contributed by atoms with Gasteiger partial charge in [0, 0.05) is 12.1 Å². The van der Waals surface area contributed by atoms with Crippen LogP contribution < -0.4 is 11.1 Å². The molecule has 0 aliphatic carbocycles. The number of hydrogen-bond acceptors (Lipinski definition) is 2. The zero-order chi connectivity index (χ0) is 19.6. The lowest BCUT2D eigenvalue weighted by Gasteiger charge is -2.27. The van der Waals surface area contributed by atoms with Crippen molar-refractivity contribution < 1.29 is 0 Å². The first kappa shape index (κ1) is 21.7. The van der Waals surface area contributed by atoms with Gasteiger partial charge in [-0.15, -0.1) is 0 Å². The first-order valence-corrected chi connectivity index (χ1v) is 10.6. The molecule has 0 saturated carbocycles. The monoisotopic (exact) mass is 366 g/mol. The van der Waals surface area contributed by atoms with Crippen LogP contribution in [-0.4, -0.2) is 18.6 Å². The lowest BCUT2D eigenvalue weighted by Crippen LogP contribution is -2.47. The Bertz CT molecular complexity index is 631. The molecule has 2 nitrogen and oxygen atoms in total. The Hall–Kier alpha value is -1.64. The molecule has 0 aromatic heterocycles. The summed E-state index contributed by atoms with van der Waals surface area (Å²) in [5.74, 6) is 1.22. The number of rotatable bonds is 11. The third-order valence-corrected chi connectivity index (χ3v) is 5.25. The van der Waals surface area contributed by atoms with Gasteiger partial charge in [-0.25, -0.2) is 0 Å². The minimum Gasteiger partial charge on any atom is -0.326 e. The predicted octanol–water partition coefficient (Wildman–Crippen LogP) is 5.32. The Morgan fingerprint density at radius 1 is 0.852 bits per heavy atom. The molecular weight excluding hydrogens is 328 g/mol. The summed E-state index contributed by atoms with van der Waals surface area (Å²) >= 11 is 0. The molecular formula is C25H38N2. The molecule has 0 bridgehead atoms. The number of aryl methyl sites for hydroxylation is 1. The summed E-state index contributed by atoms with van der Waals surface area (Å²) in [6.45, 7) is 10.1. The van der Waals surface area contributed by atoms with Crippen LogP contribution in [0.1, 0.15) is 63.1 Å². The fourth-order valence-electron chi connectivity index (χ4n) is 3.60. The lowest BCUT2D eigenvalue weighted by atomic mass is 9.92. The van der Waals surface area contributed by atoms with Crippen LogP contribution in [0.2, 0.25) is 0 Å². The van der Waals surface area contributed by atoms with Crippen molar-refractivity contribution in [1.82, 2.24) is 5.32 Å². The highest BCUT2D eigenvalue weighted by Crippen LogP contribution is 2.17. The van der Waals surface area contributed by atoms with Crippen LogP contribution in [0.4, 0.5) is 0 Å². The van der Waals surface area contributed by atoms with E-state index in [-0.39, 0.29) is 6.04 Å². The van der Waals surface area contributed by atoms with Gasteiger partial charge in [-0.05, 0) is 60.8 Å². The molecule has 2 atom stereocenters. The molecule has 2 unspecified atom stereocenters. The largest absolute Gasteiger partial charge is 0.326 e. The lowest BCUT2D eigenvalue weighted by molar-refractivity contribution is 0.359. The summed E-state index contributed by atoms with van der Waals surface area (Å²) in [6, 6.07) is 20.2. The molecule has 0 aliphatic rings. The van der Waals surface area contributed by atoms with E-state index in [1.54, 1.807) is 0 Å². The summed E-state index contributed by atoms with van der Waals surface area (Å²) in [5.41, 5.74) is 10.8. The standard InChI is InChI=1S/C25H38N2/c1-19(2)17-25(27-16-8-11-21-9-6-5-7-10-21)24(26)18-22-12-14-23(15-13-22)20(3)4/h5-7,9-10,12-15,19-20,24-25,27H,8,11,16-18,26H2,1-4H3. The van der Waals surface area contributed by atoms with Gasteiger partial charge in [0.05, 0.1) is 0 Å². The molecule has 0 heterocycles. The molecule has 2 aromatic rings. The van der Waals surface area contributed by atoms with Crippen molar-refractivity contribution >= 4 is 0 Å². The first-order valence-electron chi connectivity index (χ1n) is 10.6. The molecule has 2 rings (SSSR count). The van der Waals surface area contributed by atoms with Crippen molar-refractivity contribution in [1.29, 1.82) is 0 Å². The highest BCUT2D eigenvalue weighted by atomic mass is 14.9. The zero-order valence-electron chi connectivity index (χ0n) is 17.6. The van der Waals surface area contributed by atoms with Crippen LogP contribution >= 0.6 is 0 Å². The van der Waals surface area contributed by atoms with E-state index in [0.717, 1.165) is 32.2 Å². The molecule has 0 amide bonds. The van der Waals surface area contributed by atoms with E-state index in [9.17, 15) is 0 Å². The van der Waals surface area contributed by atoms with E-state index < -0.39 is 0 Å². The van der Waals surface area contributed by atoms with E-state index in [2.05, 4.69) is 87.6 Å². The van der Waals surface area contributed by atoms with Crippen LogP contribution in [0.5, 0.6) is 0 Å². The van der Waals surface area contributed by atoms with Crippen LogP contribution in [0.15, 0.2) is 54.6 Å². The minimum atomic E-state index is 0.147. The Morgan fingerprint density at radius 3 is 2.11 bits per heavy atom. The molecule has 0 aliphatic heterocycles. The van der Waals surface area contributed by atoms with Crippen molar-refractivity contribution in [3.63, 3.8) is 0 Å². The summed E-state index contributed by atoms with van der Waals surface area (Å²) in [7, 11) is 0. The van der Waals surface area contributed by atoms with Gasteiger partial charge in [-0.3, -0.25) is 0 Å². The van der Waals surface area contributed by atoms with Gasteiger partial charge in [0.15, 0.2) is 0 Å². The van der Waals surface area contributed by atoms with Crippen molar-refractivity contribution in [3.8, 4) is 0 Å². The van der Waals surface area contributed by atoms with Gasteiger partial charge in [-0.2, -0.15) is 0 Å². The van der Waals surface area contributed by atoms with E-state index in [4.69, 9.17) is 5.73 Å². The third kappa shape index (κ3) is 7.86. The molecule has 0 saturated heterocycles. The van der Waals surface area contributed by atoms with Crippen molar-refractivity contribution in [2.75, 3.05) is 6.54 Å². The van der Waals surface area contributed by atoms with E-state index >= 15 is 0 Å². The van der Waals surface area contributed by atoms with Crippen molar-refractivity contribution in [2.24, 2.45) is 11.7 Å². The summed E-state index contributed by atoms with van der Waals surface area (Å²) in [5, 5.41) is 3.75. The van der Waals surface area contributed by atoms with Gasteiger partial charge < -0.3 is 11.1 Å². The Kier molecular flexibility index (Phi) is 9.03. The smallest absolute Gasteiger partial charge is 0.0235 e. The molecule has 148 valence electrons. The first-order chi connectivity index (χ1) is 13.0. The van der Waals surface area contributed by atoms with Crippen LogP contribution in [0.3, 0.4) is 0 Å². The second-order valence-electron chi connectivity index (χ2n) is 8.54. The SMILES string of the molecule is CC(C)CC(NCCCc1ccccc1)C(N)Cc1ccc(C(C)C)cc1. The van der Waals surface area contributed by atoms with Gasteiger partial charge in [0.25, 0.3) is 0 Å².